The molecule has 0 saturated heterocycles. The van der Waals surface area contributed by atoms with Crippen LogP contribution in [0.5, 0.6) is 0 Å². The summed E-state index contributed by atoms with van der Waals surface area (Å²) in [6, 6.07) is 0. The number of halogens is 1. The molecule has 0 unspecified atom stereocenters. The molecule has 4 nitrogen and oxygen atoms in total. The molecular weight excluding hydrogens is 190 g/mol. The van der Waals surface area contributed by atoms with Crippen LogP contribution in [0.2, 0.25) is 5.28 Å². The zero-order valence-corrected chi connectivity index (χ0v) is 8.50. The van der Waals surface area contributed by atoms with Gasteiger partial charge in [0.1, 0.15) is 6.33 Å². The highest BCUT2D eigenvalue weighted by molar-refractivity contribution is 6.28. The van der Waals surface area contributed by atoms with Gasteiger partial charge >= 0.3 is 0 Å². The molecule has 1 rings (SSSR count). The molecule has 0 aliphatic rings. The van der Waals surface area contributed by atoms with Crippen molar-refractivity contribution in [3.63, 3.8) is 0 Å². The van der Waals surface area contributed by atoms with Gasteiger partial charge in [-0.05, 0) is 18.0 Å². The van der Waals surface area contributed by atoms with Crippen LogP contribution in [0.4, 0.5) is 0 Å². The Morgan fingerprint density at radius 1 is 1.54 bits per heavy atom. The number of hydrogen-bond acceptors (Lipinski definition) is 3. The third-order valence-electron chi connectivity index (χ3n) is 1.69. The molecule has 0 aliphatic carbocycles. The topological polar surface area (TPSA) is 39.9 Å². The molecule has 0 aromatic carbocycles. The minimum atomic E-state index is 0.416. The van der Waals surface area contributed by atoms with Crippen molar-refractivity contribution < 1.29 is 4.74 Å². The van der Waals surface area contributed by atoms with Crippen molar-refractivity contribution >= 4 is 11.6 Å². The molecule has 0 atom stereocenters. The fraction of sp³-hybridized carbons (Fsp3) is 0.750. The maximum absolute atomic E-state index is 5.71. The van der Waals surface area contributed by atoms with Gasteiger partial charge in [-0.25, -0.2) is 0 Å². The smallest absolute Gasteiger partial charge is 0.224 e. The lowest BCUT2D eigenvalue weighted by molar-refractivity contribution is 0.123. The number of aromatic nitrogens is 3. The summed E-state index contributed by atoms with van der Waals surface area (Å²) in [6.45, 7) is 4.34. The zero-order valence-electron chi connectivity index (χ0n) is 7.74. The van der Waals surface area contributed by atoms with Crippen LogP contribution in [0.25, 0.3) is 0 Å². The van der Waals surface area contributed by atoms with Gasteiger partial charge in [0.25, 0.3) is 0 Å². The molecule has 0 spiro atoms. The minimum absolute atomic E-state index is 0.416. The average Bonchev–Trinajstić information content (AvgIpc) is 2.52. The van der Waals surface area contributed by atoms with Crippen LogP contribution in [-0.4, -0.2) is 28.0 Å². The van der Waals surface area contributed by atoms with Gasteiger partial charge in [0, 0.05) is 13.2 Å². The van der Waals surface area contributed by atoms with Gasteiger partial charge < -0.3 is 9.30 Å². The second kappa shape index (κ2) is 5.94. The molecule has 0 saturated carbocycles. The van der Waals surface area contributed by atoms with Gasteiger partial charge in [-0.15, -0.1) is 10.2 Å². The van der Waals surface area contributed by atoms with Crippen LogP contribution < -0.4 is 0 Å². The predicted molar refractivity (Wildman–Crippen MR) is 50.8 cm³/mol. The second-order valence-electron chi connectivity index (χ2n) is 2.76. The zero-order chi connectivity index (χ0) is 9.52. The second-order valence-corrected chi connectivity index (χ2v) is 3.10. The number of rotatable bonds is 6. The van der Waals surface area contributed by atoms with Gasteiger partial charge in [0.2, 0.25) is 5.28 Å². The van der Waals surface area contributed by atoms with E-state index in [-0.39, 0.29) is 0 Å². The van der Waals surface area contributed by atoms with E-state index >= 15 is 0 Å². The van der Waals surface area contributed by atoms with Crippen molar-refractivity contribution in [1.29, 1.82) is 0 Å². The Kier molecular flexibility index (Phi) is 4.78. The molecule has 5 heteroatoms. The predicted octanol–water partition coefficient (Wildman–Crippen LogP) is 1.75. The molecule has 0 radical (unpaired) electrons. The third-order valence-corrected chi connectivity index (χ3v) is 1.98. The van der Waals surface area contributed by atoms with Gasteiger partial charge in [0.15, 0.2) is 0 Å². The summed E-state index contributed by atoms with van der Waals surface area (Å²) in [6.07, 6.45) is 3.87. The Morgan fingerprint density at radius 2 is 2.38 bits per heavy atom. The molecular formula is C8H14ClN3O. The lowest BCUT2D eigenvalue weighted by Gasteiger charge is -2.03. The largest absolute Gasteiger partial charge is 0.380 e. The molecule has 0 bridgehead atoms. The highest BCUT2D eigenvalue weighted by Gasteiger charge is 1.98. The molecule has 13 heavy (non-hydrogen) atoms. The fourth-order valence-electron chi connectivity index (χ4n) is 0.902. The van der Waals surface area contributed by atoms with Gasteiger partial charge in [-0.1, -0.05) is 13.3 Å². The summed E-state index contributed by atoms with van der Waals surface area (Å²) >= 11 is 5.71. The lowest BCUT2D eigenvalue weighted by atomic mass is 10.4. The van der Waals surface area contributed by atoms with E-state index < -0.39 is 0 Å². The molecule has 1 aromatic rings. The van der Waals surface area contributed by atoms with Crippen LogP contribution in [0, 0.1) is 0 Å². The van der Waals surface area contributed by atoms with Crippen molar-refractivity contribution in [3.05, 3.63) is 11.6 Å². The first-order valence-corrected chi connectivity index (χ1v) is 4.83. The number of ether oxygens (including phenoxy) is 1. The van der Waals surface area contributed by atoms with E-state index in [1.807, 2.05) is 0 Å². The van der Waals surface area contributed by atoms with Gasteiger partial charge in [0.05, 0.1) is 6.61 Å². The van der Waals surface area contributed by atoms with Crippen LogP contribution in [0.3, 0.4) is 0 Å². The molecule has 0 aliphatic heterocycles. The summed E-state index contributed by atoms with van der Waals surface area (Å²) in [4.78, 5) is 0. The molecule has 1 heterocycles. The minimum Gasteiger partial charge on any atom is -0.380 e. The monoisotopic (exact) mass is 203 g/mol. The van der Waals surface area contributed by atoms with Crippen LogP contribution in [-0.2, 0) is 11.3 Å². The van der Waals surface area contributed by atoms with Gasteiger partial charge in [-0.2, -0.15) is 0 Å². The first-order valence-electron chi connectivity index (χ1n) is 4.45. The van der Waals surface area contributed by atoms with E-state index in [4.69, 9.17) is 16.3 Å². The summed E-state index contributed by atoms with van der Waals surface area (Å²) < 4.78 is 7.12. The SMILES string of the molecule is CCCCOCCn1cnnc1Cl. The Hall–Kier alpha value is -0.610. The number of hydrogen-bond donors (Lipinski definition) is 0. The van der Waals surface area contributed by atoms with Crippen molar-refractivity contribution in [2.75, 3.05) is 13.2 Å². The van der Waals surface area contributed by atoms with E-state index in [2.05, 4.69) is 17.1 Å². The number of nitrogens with zero attached hydrogens (tertiary/aromatic N) is 3. The first kappa shape index (κ1) is 10.5. The summed E-state index contributed by atoms with van der Waals surface area (Å²) in [7, 11) is 0. The van der Waals surface area contributed by atoms with E-state index in [9.17, 15) is 0 Å². The third kappa shape index (κ3) is 3.74. The van der Waals surface area contributed by atoms with E-state index in [0.717, 1.165) is 26.0 Å². The quantitative estimate of drug-likeness (QED) is 0.662. The van der Waals surface area contributed by atoms with Crippen molar-refractivity contribution in [3.8, 4) is 0 Å². The maximum atomic E-state index is 5.71. The fourth-order valence-corrected chi connectivity index (χ4v) is 1.07. The van der Waals surface area contributed by atoms with Crippen LogP contribution in [0.15, 0.2) is 6.33 Å². The Bertz CT molecular complexity index is 239. The molecule has 1 aromatic heterocycles. The lowest BCUT2D eigenvalue weighted by Crippen LogP contribution is -2.05. The molecule has 74 valence electrons. The van der Waals surface area contributed by atoms with Gasteiger partial charge in [-0.3, -0.25) is 0 Å². The molecule has 0 fully saturated rings. The summed E-state index contributed by atoms with van der Waals surface area (Å²) in [5.41, 5.74) is 0. The normalized spacial score (nSPS) is 10.6. The van der Waals surface area contributed by atoms with E-state index in [0.29, 0.717) is 11.9 Å². The molecule has 0 amide bonds. The van der Waals surface area contributed by atoms with Crippen molar-refractivity contribution in [2.24, 2.45) is 0 Å². The highest BCUT2D eigenvalue weighted by Crippen LogP contribution is 2.01. The number of unbranched alkanes of at least 4 members (excludes halogenated alkanes) is 1. The highest BCUT2D eigenvalue weighted by atomic mass is 35.5. The standard InChI is InChI=1S/C8H14ClN3O/c1-2-3-5-13-6-4-12-7-10-11-8(12)9/h7H,2-6H2,1H3. The summed E-state index contributed by atoms with van der Waals surface area (Å²) in [5.74, 6) is 0. The Morgan fingerprint density at radius 3 is 3.00 bits per heavy atom. The Balaban J connectivity index is 2.10. The van der Waals surface area contributed by atoms with Crippen molar-refractivity contribution in [2.45, 2.75) is 26.3 Å². The first-order chi connectivity index (χ1) is 6.34. The average molecular weight is 204 g/mol. The van der Waals surface area contributed by atoms with E-state index in [1.165, 1.54) is 0 Å². The molecule has 0 N–H and O–H groups in total. The van der Waals surface area contributed by atoms with Crippen LogP contribution >= 0.6 is 11.6 Å². The van der Waals surface area contributed by atoms with Crippen LogP contribution in [0.1, 0.15) is 19.8 Å². The summed E-state index contributed by atoms with van der Waals surface area (Å²) in [5, 5.41) is 7.73. The van der Waals surface area contributed by atoms with Crippen molar-refractivity contribution in [1.82, 2.24) is 14.8 Å². The van der Waals surface area contributed by atoms with E-state index in [1.54, 1.807) is 10.9 Å². The Labute approximate surface area is 82.9 Å². The maximum Gasteiger partial charge on any atom is 0.224 e.